The fourth-order valence-corrected chi connectivity index (χ4v) is 7.46. The van der Waals surface area contributed by atoms with Gasteiger partial charge >= 0.3 is 6.09 Å². The molecule has 0 saturated heterocycles. The van der Waals surface area contributed by atoms with Crippen LogP contribution in [0.25, 0.3) is 32.1 Å². The highest BCUT2D eigenvalue weighted by molar-refractivity contribution is 7.91. The van der Waals surface area contributed by atoms with E-state index in [4.69, 9.17) is 25.5 Å². The molecular formula is C31H29ClFN7O6S2. The Morgan fingerprint density at radius 1 is 1.15 bits per heavy atom. The summed E-state index contributed by atoms with van der Waals surface area (Å²) in [4.78, 5) is 21.5. The van der Waals surface area contributed by atoms with E-state index < -0.39 is 32.5 Å². The minimum atomic E-state index is -3.92. The summed E-state index contributed by atoms with van der Waals surface area (Å²) in [6, 6.07) is 4.82. The Kier molecular flexibility index (Phi) is 8.75. The van der Waals surface area contributed by atoms with E-state index in [1.54, 1.807) is 20.8 Å². The van der Waals surface area contributed by atoms with Crippen LogP contribution in [0.15, 0.2) is 21.7 Å². The van der Waals surface area contributed by atoms with Crippen LogP contribution in [0, 0.1) is 17.1 Å². The highest BCUT2D eigenvalue weighted by atomic mass is 35.5. The lowest BCUT2D eigenvalue weighted by Crippen LogP contribution is -2.27. The van der Waals surface area contributed by atoms with Crippen molar-refractivity contribution in [1.82, 2.24) is 20.2 Å². The molecular weight excluding hydrogens is 685 g/mol. The van der Waals surface area contributed by atoms with E-state index in [9.17, 15) is 18.5 Å². The molecule has 48 heavy (non-hydrogen) atoms. The van der Waals surface area contributed by atoms with E-state index >= 15 is 4.39 Å². The van der Waals surface area contributed by atoms with Crippen LogP contribution in [0.2, 0.25) is 5.02 Å². The zero-order valence-corrected chi connectivity index (χ0v) is 28.8. The molecule has 1 amide bonds. The number of aromatic nitrogens is 4. The van der Waals surface area contributed by atoms with Crippen molar-refractivity contribution >= 4 is 70.7 Å². The smallest absolute Gasteiger partial charge is 0.412 e. The molecule has 0 fully saturated rings. The predicted molar refractivity (Wildman–Crippen MR) is 177 cm³/mol. The number of fused-ring (bicyclic) bond motifs is 4. The predicted octanol–water partition coefficient (Wildman–Crippen LogP) is 6.90. The number of carbonyl (C=O) groups is 1. The third-order valence-corrected chi connectivity index (χ3v) is 10.4. The molecule has 0 unspecified atom stereocenters. The second-order valence-corrected chi connectivity index (χ2v) is 15.3. The molecule has 5 aromatic rings. The quantitative estimate of drug-likeness (QED) is 0.159. The van der Waals surface area contributed by atoms with Crippen LogP contribution in [-0.4, -0.2) is 46.0 Å². The number of nitrogens with one attached hydrogen (secondary N) is 2. The maximum atomic E-state index is 15.4. The van der Waals surface area contributed by atoms with Gasteiger partial charge in [0.25, 0.3) is 0 Å². The summed E-state index contributed by atoms with van der Waals surface area (Å²) in [5.74, 6) is -0.0164. The number of amides is 1. The number of thiophene rings is 1. The molecule has 6 rings (SSSR count). The lowest BCUT2D eigenvalue weighted by atomic mass is 9.91. The van der Waals surface area contributed by atoms with E-state index in [1.165, 1.54) is 19.1 Å². The summed E-state index contributed by atoms with van der Waals surface area (Å²) in [6.45, 7) is 8.68. The summed E-state index contributed by atoms with van der Waals surface area (Å²) >= 11 is 8.04. The first kappa shape index (κ1) is 33.5. The van der Waals surface area contributed by atoms with Gasteiger partial charge in [0.2, 0.25) is 26.8 Å². The number of ether oxygens (including phenoxy) is 2. The second-order valence-electron chi connectivity index (χ2n) is 11.8. The number of rotatable bonds is 8. The Bertz CT molecular complexity index is 2280. The molecule has 3 aromatic heterocycles. The maximum absolute atomic E-state index is 15.4. The summed E-state index contributed by atoms with van der Waals surface area (Å²) in [6.07, 6.45) is -0.267. The Morgan fingerprint density at radius 2 is 1.88 bits per heavy atom. The van der Waals surface area contributed by atoms with Crippen LogP contribution in [0.3, 0.4) is 0 Å². The molecule has 2 N–H and O–H groups in total. The van der Waals surface area contributed by atoms with E-state index in [-0.39, 0.29) is 68.4 Å². The van der Waals surface area contributed by atoms with E-state index in [2.05, 4.69) is 36.9 Å². The van der Waals surface area contributed by atoms with Crippen molar-refractivity contribution in [3.8, 4) is 17.2 Å². The fraction of sp³-hybridized carbons (Fsp3) is 0.355. The molecule has 0 bridgehead atoms. The number of hydrogen-bond donors (Lipinski definition) is 2. The van der Waals surface area contributed by atoms with Gasteiger partial charge in [0, 0.05) is 17.4 Å². The zero-order chi connectivity index (χ0) is 34.5. The minimum Gasteiger partial charge on any atom is -0.444 e. The Hall–Kier alpha value is -4.43. The van der Waals surface area contributed by atoms with Crippen LogP contribution in [0.5, 0.6) is 0 Å². The lowest BCUT2D eigenvalue weighted by molar-refractivity contribution is 0.0636. The molecule has 0 aliphatic carbocycles. The van der Waals surface area contributed by atoms with Gasteiger partial charge in [-0.25, -0.2) is 27.6 Å². The number of sulfone groups is 1. The number of benzene rings is 2. The average Bonchev–Trinajstić information content (AvgIpc) is 3.78. The topological polar surface area (TPSA) is 182 Å². The number of nitrogens with zero attached hydrogens (tertiary/aromatic N) is 5. The highest BCUT2D eigenvalue weighted by Gasteiger charge is 2.32. The Morgan fingerprint density at radius 3 is 2.54 bits per heavy atom. The van der Waals surface area contributed by atoms with E-state index in [1.807, 2.05) is 6.92 Å². The molecule has 13 nitrogen and oxygen atoms in total. The molecule has 0 saturated carbocycles. The molecule has 17 heteroatoms. The summed E-state index contributed by atoms with van der Waals surface area (Å²) in [5, 5.41) is 24.3. The number of nitriles is 1. The number of hydrogen-bond acceptors (Lipinski definition) is 13. The number of aryl methyl sites for hydroxylation is 1. The average molecular weight is 714 g/mol. The highest BCUT2D eigenvalue weighted by Crippen LogP contribution is 2.49. The van der Waals surface area contributed by atoms with Crippen LogP contribution >= 0.6 is 22.9 Å². The maximum Gasteiger partial charge on any atom is 0.412 e. The van der Waals surface area contributed by atoms with Gasteiger partial charge in [0.15, 0.2) is 0 Å². The third-order valence-electron chi connectivity index (χ3n) is 7.44. The summed E-state index contributed by atoms with van der Waals surface area (Å²) < 4.78 is 58.5. The van der Waals surface area contributed by atoms with Gasteiger partial charge in [0.1, 0.15) is 28.3 Å². The van der Waals surface area contributed by atoms with Gasteiger partial charge < -0.3 is 19.2 Å². The van der Waals surface area contributed by atoms with Gasteiger partial charge in [-0.05, 0) is 43.5 Å². The molecule has 4 heterocycles. The first-order valence-electron chi connectivity index (χ1n) is 14.8. The van der Waals surface area contributed by atoms with Gasteiger partial charge in [0.05, 0.1) is 51.7 Å². The van der Waals surface area contributed by atoms with Crippen LogP contribution in [-0.2, 0) is 45.5 Å². The molecule has 1 aliphatic heterocycles. The fourth-order valence-electron chi connectivity index (χ4n) is 5.32. The van der Waals surface area contributed by atoms with Crippen molar-refractivity contribution in [2.24, 2.45) is 0 Å². The van der Waals surface area contributed by atoms with Gasteiger partial charge in [-0.15, -0.1) is 21.5 Å². The van der Waals surface area contributed by atoms with Crippen molar-refractivity contribution in [1.29, 1.82) is 5.26 Å². The number of halogens is 2. The molecule has 0 atom stereocenters. The monoisotopic (exact) mass is 713 g/mol. The van der Waals surface area contributed by atoms with Crippen molar-refractivity contribution in [2.45, 2.75) is 71.6 Å². The molecule has 0 radical (unpaired) electrons. The lowest BCUT2D eigenvalue weighted by Gasteiger charge is -2.19. The Labute approximate surface area is 283 Å². The first-order valence-corrected chi connectivity index (χ1v) is 17.7. The van der Waals surface area contributed by atoms with Gasteiger partial charge in [-0.1, -0.05) is 31.5 Å². The van der Waals surface area contributed by atoms with Crippen LogP contribution in [0.4, 0.5) is 20.0 Å². The van der Waals surface area contributed by atoms with Crippen LogP contribution < -0.4 is 10.6 Å². The van der Waals surface area contributed by atoms with Gasteiger partial charge in [-0.2, -0.15) is 5.26 Å². The SMILES string of the molecule is CCc1nnc(CNc2nc(S(=O)(=O)CC)nc3c(Cl)c(-c4ccc(F)c5sc(NC(=O)OC(C)(C)C)c(C#N)c45)c4c(c23)COC4)o1. The number of anilines is 2. The normalized spacial score (nSPS) is 13.1. The third kappa shape index (κ3) is 6.02. The molecule has 2 aromatic carbocycles. The van der Waals surface area contributed by atoms with Crippen molar-refractivity contribution in [3.05, 3.63) is 51.4 Å². The molecule has 0 spiro atoms. The molecule has 1 aliphatic rings. The van der Waals surface area contributed by atoms with Crippen molar-refractivity contribution < 1.29 is 31.5 Å². The van der Waals surface area contributed by atoms with Crippen molar-refractivity contribution in [3.63, 3.8) is 0 Å². The van der Waals surface area contributed by atoms with E-state index in [0.29, 0.717) is 40.0 Å². The zero-order valence-electron chi connectivity index (χ0n) is 26.4. The first-order chi connectivity index (χ1) is 22.8. The summed E-state index contributed by atoms with van der Waals surface area (Å²) in [5.41, 5.74) is 1.31. The number of carbonyl (C=O) groups excluding carboxylic acids is 1. The second kappa shape index (κ2) is 12.5. The largest absolute Gasteiger partial charge is 0.444 e. The van der Waals surface area contributed by atoms with Crippen molar-refractivity contribution in [2.75, 3.05) is 16.4 Å². The Balaban J connectivity index is 1.59. The van der Waals surface area contributed by atoms with Gasteiger partial charge in [-0.3, -0.25) is 5.32 Å². The standard InChI is InChI=1S/C31H29ClFN7O6S2/c1-6-19-39-40-20(45-19)11-35-27-23-17-13-44-12-16(17)21(24(32)25(23)36-29(37-27)48(42,43)7-2)14-8-9-18(33)26-22(14)15(10-34)28(47-26)38-30(41)46-31(3,4)5/h8-9H,6-7,11-13H2,1-5H3,(H,38,41)(H,35,36,37). The molecule has 250 valence electrons. The minimum absolute atomic E-state index is 0.00415. The van der Waals surface area contributed by atoms with Crippen LogP contribution in [0.1, 0.15) is 63.1 Å². The summed E-state index contributed by atoms with van der Waals surface area (Å²) in [7, 11) is -3.92. The van der Waals surface area contributed by atoms with E-state index in [0.717, 1.165) is 11.3 Å².